The Morgan fingerprint density at radius 2 is 1.91 bits per heavy atom. The molecule has 11 heteroatoms. The zero-order chi connectivity index (χ0) is 25.6. The van der Waals surface area contributed by atoms with Crippen LogP contribution in [0.4, 0.5) is 28.9 Å². The Balaban J connectivity index is 2.19. The van der Waals surface area contributed by atoms with Crippen molar-refractivity contribution in [1.29, 1.82) is 0 Å². The van der Waals surface area contributed by atoms with Gasteiger partial charge in [-0.25, -0.2) is 10.2 Å². The average Bonchev–Trinajstić information content (AvgIpc) is 2.74. The SMILES string of the molecule is C=C(C)N(C)/N=C\C/C(N)=C/N(N)c1cc(C(=O)Nc2ccc(F)c(C(F)(F)F)c2)ccc1C. The van der Waals surface area contributed by atoms with Gasteiger partial charge in [0.15, 0.2) is 0 Å². The molecule has 182 valence electrons. The fourth-order valence-corrected chi connectivity index (χ4v) is 2.72. The summed E-state index contributed by atoms with van der Waals surface area (Å²) < 4.78 is 52.3. The molecule has 2 aromatic carbocycles. The number of amides is 1. The van der Waals surface area contributed by atoms with Crippen molar-refractivity contribution in [2.75, 3.05) is 17.4 Å². The predicted octanol–water partition coefficient (Wildman–Crippen LogP) is 4.73. The number of hydrogen-bond acceptors (Lipinski definition) is 6. The molecule has 0 unspecified atom stereocenters. The second-order valence-corrected chi connectivity index (χ2v) is 7.52. The van der Waals surface area contributed by atoms with E-state index in [2.05, 4.69) is 17.0 Å². The summed E-state index contributed by atoms with van der Waals surface area (Å²) in [4.78, 5) is 12.6. The highest BCUT2D eigenvalue weighted by molar-refractivity contribution is 6.05. The van der Waals surface area contributed by atoms with Crippen LogP contribution in [0.15, 0.2) is 65.7 Å². The van der Waals surface area contributed by atoms with Gasteiger partial charge in [-0.3, -0.25) is 14.8 Å². The summed E-state index contributed by atoms with van der Waals surface area (Å²) in [5.41, 5.74) is 6.76. The van der Waals surface area contributed by atoms with Gasteiger partial charge >= 0.3 is 6.18 Å². The van der Waals surface area contributed by atoms with E-state index in [0.717, 1.165) is 17.3 Å². The minimum absolute atomic E-state index is 0.130. The largest absolute Gasteiger partial charge is 0.419 e. The maximum Gasteiger partial charge on any atom is 0.419 e. The molecule has 0 atom stereocenters. The number of rotatable bonds is 8. The molecule has 5 N–H and O–H groups in total. The number of alkyl halides is 3. The normalized spacial score (nSPS) is 12.1. The number of anilines is 2. The minimum Gasteiger partial charge on any atom is -0.401 e. The fourth-order valence-electron chi connectivity index (χ4n) is 2.72. The summed E-state index contributed by atoms with van der Waals surface area (Å²) in [5, 5.41) is 9.30. The molecule has 0 fully saturated rings. The number of nitrogens with two attached hydrogens (primary N) is 2. The zero-order valence-corrected chi connectivity index (χ0v) is 18.9. The summed E-state index contributed by atoms with van der Waals surface area (Å²) in [7, 11) is 1.74. The lowest BCUT2D eigenvalue weighted by molar-refractivity contribution is -0.139. The molecule has 0 aromatic heterocycles. The van der Waals surface area contributed by atoms with Crippen LogP contribution >= 0.6 is 0 Å². The Kier molecular flexibility index (Phi) is 8.41. The van der Waals surface area contributed by atoms with Gasteiger partial charge in [0.05, 0.1) is 11.3 Å². The summed E-state index contributed by atoms with van der Waals surface area (Å²) in [6, 6.07) is 6.81. The van der Waals surface area contributed by atoms with Crippen LogP contribution in [0.5, 0.6) is 0 Å². The predicted molar refractivity (Wildman–Crippen MR) is 125 cm³/mol. The first-order chi connectivity index (χ1) is 15.8. The maximum absolute atomic E-state index is 13.5. The van der Waals surface area contributed by atoms with Crippen LogP contribution in [0.2, 0.25) is 0 Å². The summed E-state index contributed by atoms with van der Waals surface area (Å²) in [5.74, 6) is 3.97. The number of aryl methyl sites for hydroxylation is 1. The van der Waals surface area contributed by atoms with Gasteiger partial charge in [0, 0.05) is 48.5 Å². The number of carbonyl (C=O) groups is 1. The van der Waals surface area contributed by atoms with Crippen molar-refractivity contribution in [3.8, 4) is 0 Å². The molecule has 2 aromatic rings. The number of benzene rings is 2. The van der Waals surface area contributed by atoms with Crippen molar-refractivity contribution in [3.63, 3.8) is 0 Å². The molecular weight excluding hydrogens is 452 g/mol. The van der Waals surface area contributed by atoms with Crippen molar-refractivity contribution in [1.82, 2.24) is 5.01 Å². The standard InChI is InChI=1S/C23H26F4N6O/c1-14(2)32(4)30-10-9-17(28)13-33(29)21-11-16(6-5-15(21)3)22(34)31-18-7-8-20(24)19(12-18)23(25,26)27/h5-8,10-13H,1,9,28-29H2,2-4H3,(H,31,34)/b17-13-,30-10-. The Morgan fingerprint density at radius 3 is 2.53 bits per heavy atom. The molecule has 7 nitrogen and oxygen atoms in total. The van der Waals surface area contributed by atoms with E-state index in [1.54, 1.807) is 38.2 Å². The molecule has 0 saturated heterocycles. The number of nitrogens with zero attached hydrogens (tertiary/aromatic N) is 3. The number of nitrogens with one attached hydrogen (secondary N) is 1. The lowest BCUT2D eigenvalue weighted by atomic mass is 10.1. The summed E-state index contributed by atoms with van der Waals surface area (Å²) >= 11 is 0. The third kappa shape index (κ3) is 7.07. The Hall–Kier alpha value is -3.86. The van der Waals surface area contributed by atoms with Gasteiger partial charge in [0.2, 0.25) is 0 Å². The van der Waals surface area contributed by atoms with E-state index in [0.29, 0.717) is 29.9 Å². The monoisotopic (exact) mass is 478 g/mol. The first-order valence-electron chi connectivity index (χ1n) is 10.00. The highest BCUT2D eigenvalue weighted by Gasteiger charge is 2.34. The van der Waals surface area contributed by atoms with Crippen molar-refractivity contribution in [2.45, 2.75) is 26.4 Å². The second-order valence-electron chi connectivity index (χ2n) is 7.52. The van der Waals surface area contributed by atoms with E-state index in [9.17, 15) is 22.4 Å². The van der Waals surface area contributed by atoms with Crippen LogP contribution in [-0.4, -0.2) is 24.2 Å². The third-order valence-corrected chi connectivity index (χ3v) is 4.72. The van der Waals surface area contributed by atoms with Crippen molar-refractivity contribution in [3.05, 3.63) is 83.1 Å². The molecule has 1 amide bonds. The van der Waals surface area contributed by atoms with Crippen LogP contribution in [0.25, 0.3) is 0 Å². The summed E-state index contributed by atoms with van der Waals surface area (Å²) in [6.45, 7) is 7.32. The molecule has 0 aliphatic carbocycles. The van der Waals surface area contributed by atoms with Crippen LogP contribution < -0.4 is 21.9 Å². The molecule has 0 aliphatic heterocycles. The second kappa shape index (κ2) is 10.8. The number of halogens is 4. The highest BCUT2D eigenvalue weighted by Crippen LogP contribution is 2.33. The van der Waals surface area contributed by atoms with Crippen molar-refractivity contribution in [2.24, 2.45) is 16.7 Å². The van der Waals surface area contributed by atoms with Crippen LogP contribution in [0.3, 0.4) is 0 Å². The first-order valence-corrected chi connectivity index (χ1v) is 10.00. The average molecular weight is 478 g/mol. The van der Waals surface area contributed by atoms with E-state index >= 15 is 0 Å². The van der Waals surface area contributed by atoms with Crippen LogP contribution in [0.1, 0.15) is 34.8 Å². The molecule has 2 rings (SSSR count). The highest BCUT2D eigenvalue weighted by atomic mass is 19.4. The van der Waals surface area contributed by atoms with E-state index in [-0.39, 0.29) is 11.3 Å². The molecule has 34 heavy (non-hydrogen) atoms. The molecule has 0 saturated carbocycles. The van der Waals surface area contributed by atoms with Crippen LogP contribution in [0, 0.1) is 12.7 Å². The number of allylic oxidation sites excluding steroid dienone is 2. The number of hydrazine groups is 1. The number of hydrazone groups is 1. The van der Waals surface area contributed by atoms with Gasteiger partial charge in [-0.2, -0.15) is 18.3 Å². The Bertz CT molecular complexity index is 1130. The smallest absolute Gasteiger partial charge is 0.401 e. The number of carbonyl (C=O) groups excluding carboxylic acids is 1. The fraction of sp³-hybridized carbons (Fsp3) is 0.217. The lowest BCUT2D eigenvalue weighted by Crippen LogP contribution is -2.27. The lowest BCUT2D eigenvalue weighted by Gasteiger charge is -2.19. The summed E-state index contributed by atoms with van der Waals surface area (Å²) in [6.07, 6.45) is -1.54. The zero-order valence-electron chi connectivity index (χ0n) is 18.9. The van der Waals surface area contributed by atoms with Gasteiger partial charge in [-0.15, -0.1) is 0 Å². The Labute approximate surface area is 195 Å². The van der Waals surface area contributed by atoms with Crippen molar-refractivity contribution >= 4 is 23.5 Å². The quantitative estimate of drug-likeness (QED) is 0.221. The minimum atomic E-state index is -4.89. The maximum atomic E-state index is 13.5. The van der Waals surface area contributed by atoms with Gasteiger partial charge < -0.3 is 11.1 Å². The Morgan fingerprint density at radius 1 is 1.24 bits per heavy atom. The van der Waals surface area contributed by atoms with Gasteiger partial charge in [0.25, 0.3) is 5.91 Å². The van der Waals surface area contributed by atoms with E-state index in [4.69, 9.17) is 11.6 Å². The van der Waals surface area contributed by atoms with E-state index in [1.165, 1.54) is 23.3 Å². The van der Waals surface area contributed by atoms with E-state index in [1.807, 2.05) is 0 Å². The third-order valence-electron chi connectivity index (χ3n) is 4.72. The molecule has 0 heterocycles. The first kappa shape index (κ1) is 26.4. The molecular formula is C23H26F4N6O. The molecule has 0 radical (unpaired) electrons. The number of hydrogen-bond donors (Lipinski definition) is 3. The van der Waals surface area contributed by atoms with Gasteiger partial charge in [-0.1, -0.05) is 12.6 Å². The van der Waals surface area contributed by atoms with Crippen LogP contribution in [-0.2, 0) is 6.18 Å². The van der Waals surface area contributed by atoms with Gasteiger partial charge in [0.1, 0.15) is 5.82 Å². The molecule has 0 aliphatic rings. The van der Waals surface area contributed by atoms with E-state index < -0.39 is 23.5 Å². The molecule has 0 bridgehead atoms. The molecule has 0 spiro atoms. The van der Waals surface area contributed by atoms with Crippen molar-refractivity contribution < 1.29 is 22.4 Å². The van der Waals surface area contributed by atoms with Gasteiger partial charge in [-0.05, 0) is 49.7 Å². The topological polar surface area (TPSA) is 100.0 Å².